The highest BCUT2D eigenvalue weighted by molar-refractivity contribution is 4.63. The number of hydrogen-bond donors (Lipinski definition) is 1. The van der Waals surface area contributed by atoms with E-state index in [-0.39, 0.29) is 0 Å². The summed E-state index contributed by atoms with van der Waals surface area (Å²) < 4.78 is 0. The van der Waals surface area contributed by atoms with Crippen LogP contribution in [0.5, 0.6) is 0 Å². The quantitative estimate of drug-likeness (QED) is 0.620. The van der Waals surface area contributed by atoms with Gasteiger partial charge in [0.05, 0.1) is 0 Å². The van der Waals surface area contributed by atoms with Crippen LogP contribution in [-0.2, 0) is 0 Å². The molecule has 74 valence electrons. The maximum absolute atomic E-state index is 3.45. The summed E-state index contributed by atoms with van der Waals surface area (Å²) in [6, 6.07) is 0.704. The molecule has 1 N–H and O–H groups in total. The molecule has 0 aliphatic carbocycles. The smallest absolute Gasteiger partial charge is 0.00387 e. The van der Waals surface area contributed by atoms with Gasteiger partial charge < -0.3 is 5.32 Å². The van der Waals surface area contributed by atoms with Crippen LogP contribution in [0.1, 0.15) is 53.4 Å². The average molecular weight is 171 g/mol. The maximum Gasteiger partial charge on any atom is 0.00387 e. The molecule has 1 unspecified atom stereocenters. The predicted molar refractivity (Wildman–Crippen MR) is 56.4 cm³/mol. The summed E-state index contributed by atoms with van der Waals surface area (Å²) in [7, 11) is 0. The van der Waals surface area contributed by atoms with Crippen molar-refractivity contribution in [2.75, 3.05) is 6.54 Å². The largest absolute Gasteiger partial charge is 0.315 e. The van der Waals surface area contributed by atoms with Crippen LogP contribution in [0.4, 0.5) is 0 Å². The summed E-state index contributed by atoms with van der Waals surface area (Å²) in [4.78, 5) is 0. The molecule has 0 aromatic rings. The first-order valence-corrected chi connectivity index (χ1v) is 5.47. The third kappa shape index (κ3) is 5.59. The standard InChI is InChI=1S/C11H25N/c1-5-11(6-2)9-8-10(4)12-7-3/h10-12H,5-9H2,1-4H3. The number of nitrogens with one attached hydrogen (secondary N) is 1. The highest BCUT2D eigenvalue weighted by atomic mass is 14.9. The topological polar surface area (TPSA) is 12.0 Å². The Morgan fingerprint density at radius 3 is 2.00 bits per heavy atom. The van der Waals surface area contributed by atoms with E-state index < -0.39 is 0 Å². The number of rotatable bonds is 7. The van der Waals surface area contributed by atoms with Crippen molar-refractivity contribution >= 4 is 0 Å². The van der Waals surface area contributed by atoms with E-state index >= 15 is 0 Å². The lowest BCUT2D eigenvalue weighted by molar-refractivity contribution is 0.399. The van der Waals surface area contributed by atoms with Crippen molar-refractivity contribution in [2.24, 2.45) is 5.92 Å². The van der Waals surface area contributed by atoms with Crippen LogP contribution in [0.3, 0.4) is 0 Å². The molecule has 0 heterocycles. The van der Waals surface area contributed by atoms with E-state index in [9.17, 15) is 0 Å². The summed E-state index contributed by atoms with van der Waals surface area (Å²) in [5, 5.41) is 3.45. The van der Waals surface area contributed by atoms with Crippen LogP contribution >= 0.6 is 0 Å². The van der Waals surface area contributed by atoms with Gasteiger partial charge in [-0.2, -0.15) is 0 Å². The van der Waals surface area contributed by atoms with Crippen molar-refractivity contribution in [2.45, 2.75) is 59.4 Å². The van der Waals surface area contributed by atoms with E-state index in [0.717, 1.165) is 12.5 Å². The van der Waals surface area contributed by atoms with E-state index in [0.29, 0.717) is 6.04 Å². The Balaban J connectivity index is 3.37. The third-order valence-corrected chi connectivity index (χ3v) is 2.72. The van der Waals surface area contributed by atoms with Crippen LogP contribution in [-0.4, -0.2) is 12.6 Å². The van der Waals surface area contributed by atoms with Gasteiger partial charge >= 0.3 is 0 Å². The van der Waals surface area contributed by atoms with Gasteiger partial charge in [0.1, 0.15) is 0 Å². The fourth-order valence-electron chi connectivity index (χ4n) is 1.63. The highest BCUT2D eigenvalue weighted by Crippen LogP contribution is 2.15. The molecule has 0 aromatic heterocycles. The molecule has 0 spiro atoms. The van der Waals surface area contributed by atoms with Crippen molar-refractivity contribution in [1.82, 2.24) is 5.32 Å². The van der Waals surface area contributed by atoms with Crippen molar-refractivity contribution in [3.63, 3.8) is 0 Å². The van der Waals surface area contributed by atoms with Crippen LogP contribution in [0, 0.1) is 5.92 Å². The van der Waals surface area contributed by atoms with Crippen molar-refractivity contribution in [1.29, 1.82) is 0 Å². The first-order valence-electron chi connectivity index (χ1n) is 5.47. The predicted octanol–water partition coefficient (Wildman–Crippen LogP) is 3.20. The van der Waals surface area contributed by atoms with Crippen molar-refractivity contribution in [3.8, 4) is 0 Å². The zero-order valence-corrected chi connectivity index (χ0v) is 9.19. The molecular weight excluding hydrogens is 146 g/mol. The Bertz CT molecular complexity index is 87.0. The summed E-state index contributed by atoms with van der Waals surface area (Å²) in [6.45, 7) is 10.2. The molecule has 1 nitrogen and oxygen atoms in total. The second-order valence-electron chi connectivity index (χ2n) is 3.72. The molecule has 0 bridgehead atoms. The Morgan fingerprint density at radius 2 is 1.58 bits per heavy atom. The molecule has 0 aliphatic heterocycles. The van der Waals surface area contributed by atoms with Gasteiger partial charge in [0.25, 0.3) is 0 Å². The Labute approximate surface area is 77.9 Å². The molecule has 0 saturated heterocycles. The molecule has 1 heteroatoms. The lowest BCUT2D eigenvalue weighted by Gasteiger charge is -2.16. The van der Waals surface area contributed by atoms with E-state index in [1.165, 1.54) is 25.7 Å². The Hall–Kier alpha value is -0.0400. The molecule has 0 fully saturated rings. The van der Waals surface area contributed by atoms with E-state index in [1.807, 2.05) is 0 Å². The van der Waals surface area contributed by atoms with Gasteiger partial charge in [-0.15, -0.1) is 0 Å². The van der Waals surface area contributed by atoms with Gasteiger partial charge in [-0.1, -0.05) is 33.6 Å². The van der Waals surface area contributed by atoms with E-state index in [2.05, 4.69) is 33.0 Å². The van der Waals surface area contributed by atoms with Gasteiger partial charge in [-0.05, 0) is 32.2 Å². The van der Waals surface area contributed by atoms with Gasteiger partial charge in [-0.3, -0.25) is 0 Å². The number of hydrogen-bond acceptors (Lipinski definition) is 1. The van der Waals surface area contributed by atoms with Crippen molar-refractivity contribution in [3.05, 3.63) is 0 Å². The normalized spacial score (nSPS) is 13.8. The van der Waals surface area contributed by atoms with E-state index in [1.54, 1.807) is 0 Å². The van der Waals surface area contributed by atoms with Gasteiger partial charge in [-0.25, -0.2) is 0 Å². The molecule has 0 aromatic carbocycles. The first-order chi connectivity index (χ1) is 5.74. The van der Waals surface area contributed by atoms with Gasteiger partial charge in [0.15, 0.2) is 0 Å². The maximum atomic E-state index is 3.45. The molecule has 0 amide bonds. The Morgan fingerprint density at radius 1 is 1.00 bits per heavy atom. The van der Waals surface area contributed by atoms with Crippen LogP contribution in [0.25, 0.3) is 0 Å². The average Bonchev–Trinajstić information content (AvgIpc) is 2.07. The summed E-state index contributed by atoms with van der Waals surface area (Å²) in [6.07, 6.45) is 5.41. The second-order valence-corrected chi connectivity index (χ2v) is 3.72. The van der Waals surface area contributed by atoms with E-state index in [4.69, 9.17) is 0 Å². The molecule has 1 atom stereocenters. The second kappa shape index (κ2) is 7.60. The molecule has 0 saturated carbocycles. The third-order valence-electron chi connectivity index (χ3n) is 2.72. The minimum Gasteiger partial charge on any atom is -0.315 e. The minimum atomic E-state index is 0.704. The van der Waals surface area contributed by atoms with Crippen LogP contribution in [0.2, 0.25) is 0 Å². The zero-order valence-electron chi connectivity index (χ0n) is 9.19. The highest BCUT2D eigenvalue weighted by Gasteiger charge is 2.05. The molecule has 0 radical (unpaired) electrons. The SMILES string of the molecule is CCNC(C)CCC(CC)CC. The molecule has 0 rings (SSSR count). The minimum absolute atomic E-state index is 0.704. The van der Waals surface area contributed by atoms with Crippen LogP contribution < -0.4 is 5.32 Å². The summed E-state index contributed by atoms with van der Waals surface area (Å²) in [5.41, 5.74) is 0. The molecular formula is C11H25N. The summed E-state index contributed by atoms with van der Waals surface area (Å²) in [5.74, 6) is 0.950. The first kappa shape index (κ1) is 12.0. The molecule has 12 heavy (non-hydrogen) atoms. The fourth-order valence-corrected chi connectivity index (χ4v) is 1.63. The Kier molecular flexibility index (Phi) is 7.58. The fraction of sp³-hybridized carbons (Fsp3) is 1.00. The van der Waals surface area contributed by atoms with Gasteiger partial charge in [0, 0.05) is 6.04 Å². The molecule has 0 aliphatic rings. The monoisotopic (exact) mass is 171 g/mol. The zero-order chi connectivity index (χ0) is 9.40. The lowest BCUT2D eigenvalue weighted by atomic mass is 9.95. The van der Waals surface area contributed by atoms with Crippen LogP contribution in [0.15, 0.2) is 0 Å². The lowest BCUT2D eigenvalue weighted by Crippen LogP contribution is -2.25. The summed E-state index contributed by atoms with van der Waals surface area (Å²) >= 11 is 0. The van der Waals surface area contributed by atoms with Crippen molar-refractivity contribution < 1.29 is 0 Å². The van der Waals surface area contributed by atoms with Gasteiger partial charge in [0.2, 0.25) is 0 Å².